The lowest BCUT2D eigenvalue weighted by Gasteiger charge is -2.23. The first-order chi connectivity index (χ1) is 28.1. The van der Waals surface area contributed by atoms with Crippen molar-refractivity contribution in [3.63, 3.8) is 0 Å². The fourth-order valence-electron chi connectivity index (χ4n) is 7.21. The Morgan fingerprint density at radius 1 is 0.466 bits per heavy atom. The van der Waals surface area contributed by atoms with E-state index in [1.54, 1.807) is 0 Å². The molecule has 0 spiro atoms. The molecule has 0 amide bonds. The average Bonchev–Trinajstić information content (AvgIpc) is 3.69. The normalized spacial score (nSPS) is 14.0. The largest absolute Gasteiger partial charge is 0.239 e. The molecule has 0 saturated heterocycles. The summed E-state index contributed by atoms with van der Waals surface area (Å²) in [5, 5.41) is 51.7. The average molecular weight is 755 g/mol. The van der Waals surface area contributed by atoms with Crippen LogP contribution in [0.5, 0.6) is 0 Å². The zero-order valence-corrected chi connectivity index (χ0v) is 29.2. The highest BCUT2D eigenvalue weighted by Gasteiger charge is 2.44. The molecule has 0 atom stereocenters. The van der Waals surface area contributed by atoms with Crippen molar-refractivity contribution in [3.05, 3.63) is 187 Å². The summed E-state index contributed by atoms with van der Waals surface area (Å²) in [7, 11) is 0. The summed E-state index contributed by atoms with van der Waals surface area (Å²) in [5.41, 5.74) is -4.94. The molecular weight excluding hydrogens is 741 g/mol. The van der Waals surface area contributed by atoms with Gasteiger partial charge in [0.1, 0.15) is 35.7 Å². The van der Waals surface area contributed by atoms with Crippen LogP contribution in [0.3, 0.4) is 0 Å². The number of nitrogens with zero attached hydrogens (tertiary/aromatic N) is 8. The van der Waals surface area contributed by atoms with Crippen molar-refractivity contribution in [1.82, 2.24) is 0 Å². The van der Waals surface area contributed by atoms with Gasteiger partial charge in [-0.15, -0.1) is 0 Å². The second-order valence-corrected chi connectivity index (χ2v) is 12.5. The standard InChI is InChI=1S/C46H14F4N8/c1-56-31-15-28(16-32(17-31)57-2)34(21-54)40-42-36(25-4-8-29(47)9-5-25)38-35(22-55)44(49)39(33(20-53)27-13-23(18-51)12-24(14-27)19-52)41(38)37(26-6-10-30(48)11-7-26)43(42)46(58-3)45(40)50/h4-17H/b39-33-,40-34-. The number of halogens is 4. The van der Waals surface area contributed by atoms with Gasteiger partial charge < -0.3 is 0 Å². The van der Waals surface area contributed by atoms with Crippen LogP contribution in [0.4, 0.5) is 28.9 Å². The molecule has 0 aliphatic heterocycles. The van der Waals surface area contributed by atoms with E-state index >= 15 is 8.78 Å². The number of rotatable bonds is 4. The number of benzene rings is 5. The summed E-state index contributed by atoms with van der Waals surface area (Å²) in [4.78, 5) is 10.3. The van der Waals surface area contributed by atoms with Gasteiger partial charge in [-0.25, -0.2) is 32.1 Å². The van der Waals surface area contributed by atoms with Gasteiger partial charge in [0.25, 0.3) is 0 Å². The molecule has 2 aliphatic rings. The maximum Gasteiger partial charge on any atom is 0.231 e. The fourth-order valence-corrected chi connectivity index (χ4v) is 7.21. The van der Waals surface area contributed by atoms with Crippen LogP contribution >= 0.6 is 0 Å². The highest BCUT2D eigenvalue weighted by atomic mass is 19.1. The van der Waals surface area contributed by atoms with Gasteiger partial charge in [-0.1, -0.05) is 42.5 Å². The summed E-state index contributed by atoms with van der Waals surface area (Å²) in [5.74, 6) is -3.91. The van der Waals surface area contributed by atoms with Gasteiger partial charge in [0.05, 0.1) is 59.7 Å². The van der Waals surface area contributed by atoms with Crippen LogP contribution in [0, 0.1) is 88.0 Å². The minimum atomic E-state index is -1.25. The highest BCUT2D eigenvalue weighted by molar-refractivity contribution is 6.25. The SMILES string of the molecule is [C-]#[N+]C1=C(F)/C(=C(/C#N)c2cc([N+]#[C-])cc([N+]#[C-])c2)c2c1c(-c1ccc(F)cc1)c1c(c2-c2ccc(F)cc2)C(C#N)=C(F)/C1=C(/C#N)c1cc(C#N)cc(C#N)c1. The topological polar surface area (TPSA) is 132 Å². The van der Waals surface area contributed by atoms with Crippen LogP contribution in [0.25, 0.3) is 70.4 Å². The Hall–Kier alpha value is -9.30. The summed E-state index contributed by atoms with van der Waals surface area (Å²) in [6, 6.07) is 26.1. The minimum Gasteiger partial charge on any atom is -0.239 e. The van der Waals surface area contributed by atoms with Crippen LogP contribution in [0.15, 0.2) is 96.6 Å². The van der Waals surface area contributed by atoms with Crippen LogP contribution in [0.1, 0.15) is 44.5 Å². The van der Waals surface area contributed by atoms with Crippen LogP contribution in [0.2, 0.25) is 0 Å². The number of hydrogen-bond acceptors (Lipinski definition) is 5. The van der Waals surface area contributed by atoms with Crippen molar-refractivity contribution in [2.24, 2.45) is 0 Å². The molecular formula is C46H14F4N8. The van der Waals surface area contributed by atoms with Crippen molar-refractivity contribution in [2.45, 2.75) is 0 Å². The van der Waals surface area contributed by atoms with Gasteiger partial charge in [0.15, 0.2) is 17.2 Å². The molecule has 5 aromatic carbocycles. The molecule has 0 unspecified atom stereocenters. The first kappa shape index (κ1) is 37.0. The molecule has 7 rings (SSSR count). The number of fused-ring (bicyclic) bond motifs is 2. The van der Waals surface area contributed by atoms with E-state index in [1.807, 2.05) is 30.3 Å². The lowest BCUT2D eigenvalue weighted by molar-refractivity contribution is 0.627. The van der Waals surface area contributed by atoms with Crippen molar-refractivity contribution in [3.8, 4) is 52.6 Å². The molecule has 12 heteroatoms. The van der Waals surface area contributed by atoms with E-state index < -0.39 is 56.9 Å². The summed E-state index contributed by atoms with van der Waals surface area (Å²) in [6.45, 7) is 23.4. The molecule has 2 aliphatic carbocycles. The van der Waals surface area contributed by atoms with E-state index in [2.05, 4.69) is 14.5 Å². The van der Waals surface area contributed by atoms with Crippen molar-refractivity contribution >= 4 is 44.9 Å². The molecule has 266 valence electrons. The van der Waals surface area contributed by atoms with Crippen LogP contribution in [-0.2, 0) is 0 Å². The quantitative estimate of drug-likeness (QED) is 0.102. The second kappa shape index (κ2) is 14.5. The van der Waals surface area contributed by atoms with Crippen molar-refractivity contribution in [1.29, 1.82) is 26.3 Å². The maximum atomic E-state index is 17.4. The van der Waals surface area contributed by atoms with E-state index in [-0.39, 0.29) is 78.1 Å². The summed E-state index contributed by atoms with van der Waals surface area (Å²) in [6.07, 6.45) is 0. The number of nitriles is 5. The first-order valence-corrected chi connectivity index (χ1v) is 16.6. The number of allylic oxidation sites excluding steroid dienone is 7. The molecule has 58 heavy (non-hydrogen) atoms. The summed E-state index contributed by atoms with van der Waals surface area (Å²) < 4.78 is 63.9. The number of hydrogen-bond donors (Lipinski definition) is 0. The van der Waals surface area contributed by atoms with Crippen LogP contribution in [-0.4, -0.2) is 0 Å². The molecule has 0 heterocycles. The van der Waals surface area contributed by atoms with Crippen LogP contribution < -0.4 is 0 Å². The molecule has 0 aromatic heterocycles. The predicted molar refractivity (Wildman–Crippen MR) is 205 cm³/mol. The third-order valence-electron chi connectivity index (χ3n) is 9.50. The smallest absolute Gasteiger partial charge is 0.231 e. The molecule has 0 N–H and O–H groups in total. The molecule has 5 aromatic rings. The van der Waals surface area contributed by atoms with Crippen molar-refractivity contribution < 1.29 is 17.6 Å². The van der Waals surface area contributed by atoms with Crippen molar-refractivity contribution in [2.75, 3.05) is 0 Å². The highest BCUT2D eigenvalue weighted by Crippen LogP contribution is 2.61. The van der Waals surface area contributed by atoms with E-state index in [1.165, 1.54) is 60.7 Å². The third kappa shape index (κ3) is 5.71. The zero-order valence-electron chi connectivity index (χ0n) is 29.2. The molecule has 0 saturated carbocycles. The lowest BCUT2D eigenvalue weighted by Crippen LogP contribution is -2.04. The van der Waals surface area contributed by atoms with Gasteiger partial charge in [0, 0.05) is 27.8 Å². The second-order valence-electron chi connectivity index (χ2n) is 12.5. The monoisotopic (exact) mass is 754 g/mol. The van der Waals surface area contributed by atoms with Gasteiger partial charge in [0.2, 0.25) is 5.70 Å². The zero-order chi connectivity index (χ0) is 41.4. The Bertz CT molecular complexity index is 2940. The van der Waals surface area contributed by atoms with E-state index in [0.717, 1.165) is 24.3 Å². The molecule has 0 radical (unpaired) electrons. The maximum absolute atomic E-state index is 17.4. The van der Waals surface area contributed by atoms with Gasteiger partial charge in [-0.3, -0.25) is 0 Å². The van der Waals surface area contributed by atoms with Gasteiger partial charge in [-0.2, -0.15) is 26.3 Å². The Kier molecular flexibility index (Phi) is 9.26. The van der Waals surface area contributed by atoms with Gasteiger partial charge >= 0.3 is 0 Å². The predicted octanol–water partition coefficient (Wildman–Crippen LogP) is 11.8. The lowest BCUT2D eigenvalue weighted by atomic mass is 9.78. The molecule has 8 nitrogen and oxygen atoms in total. The molecule has 0 fully saturated rings. The molecule has 0 bridgehead atoms. The van der Waals surface area contributed by atoms with E-state index in [4.69, 9.17) is 19.7 Å². The van der Waals surface area contributed by atoms with Gasteiger partial charge in [-0.05, 0) is 81.4 Å². The Morgan fingerprint density at radius 2 is 0.914 bits per heavy atom. The fraction of sp³-hybridized carbons (Fsp3) is 0. The third-order valence-corrected chi connectivity index (χ3v) is 9.50. The Balaban J connectivity index is 1.82. The summed E-state index contributed by atoms with van der Waals surface area (Å²) >= 11 is 0. The minimum absolute atomic E-state index is 0.0590. The van der Waals surface area contributed by atoms with E-state index in [0.29, 0.717) is 0 Å². The Morgan fingerprint density at radius 3 is 1.34 bits per heavy atom. The Labute approximate surface area is 327 Å². The van der Waals surface area contributed by atoms with E-state index in [9.17, 15) is 35.1 Å². The first-order valence-electron chi connectivity index (χ1n) is 16.6.